The Morgan fingerprint density at radius 3 is 2.50 bits per heavy atom. The second kappa shape index (κ2) is 7.57. The van der Waals surface area contributed by atoms with Crippen LogP contribution in [0.15, 0.2) is 33.6 Å². The highest BCUT2D eigenvalue weighted by Crippen LogP contribution is 2.31. The first-order valence-electron chi connectivity index (χ1n) is 9.75. The van der Waals surface area contributed by atoms with Crippen LogP contribution in [0, 0.1) is 17.2 Å². The van der Waals surface area contributed by atoms with E-state index in [1.807, 2.05) is 4.90 Å². The molecule has 1 atom stereocenters. The fraction of sp³-hybridized carbons (Fsp3) is 0.500. The lowest BCUT2D eigenvalue weighted by molar-refractivity contribution is 0.281. The van der Waals surface area contributed by atoms with Crippen LogP contribution in [-0.2, 0) is 10.0 Å². The zero-order valence-electron chi connectivity index (χ0n) is 16.0. The number of hydrogen-bond acceptors (Lipinski definition) is 6. The maximum atomic E-state index is 12.9. The lowest BCUT2D eigenvalue weighted by atomic mass is 10.0. The van der Waals surface area contributed by atoms with Gasteiger partial charge in [0.2, 0.25) is 27.5 Å². The number of aromatic nitrogens is 1. The number of nitrogens with zero attached hydrogens (tertiary/aromatic N) is 4. The van der Waals surface area contributed by atoms with Crippen LogP contribution in [0.25, 0.3) is 11.5 Å². The van der Waals surface area contributed by atoms with Gasteiger partial charge in [-0.3, -0.25) is 0 Å². The standard InChI is InChI=1S/C20H24N4O3S/c1-15-5-4-12-24(14-15)28(25,26)17-8-6-16(7-9-17)19-22-18(13-21)20(27-19)23-10-2-3-11-23/h6-9,15H,2-5,10-12,14H2,1H3/t15-/m1/s1. The third kappa shape index (κ3) is 3.52. The van der Waals surface area contributed by atoms with Crippen LogP contribution in [0.3, 0.4) is 0 Å². The summed E-state index contributed by atoms with van der Waals surface area (Å²) < 4.78 is 33.2. The molecule has 4 rings (SSSR count). The molecule has 3 heterocycles. The van der Waals surface area contributed by atoms with E-state index in [1.54, 1.807) is 28.6 Å². The number of nitriles is 1. The number of hydrogen-bond donors (Lipinski definition) is 0. The van der Waals surface area contributed by atoms with E-state index in [2.05, 4.69) is 18.0 Å². The molecule has 0 N–H and O–H groups in total. The van der Waals surface area contributed by atoms with E-state index in [4.69, 9.17) is 4.42 Å². The first kappa shape index (κ1) is 19.0. The monoisotopic (exact) mass is 400 g/mol. The molecule has 2 saturated heterocycles. The zero-order valence-corrected chi connectivity index (χ0v) is 16.8. The average Bonchev–Trinajstić information content (AvgIpc) is 3.37. The highest BCUT2D eigenvalue weighted by molar-refractivity contribution is 7.89. The Morgan fingerprint density at radius 2 is 1.86 bits per heavy atom. The molecule has 0 bridgehead atoms. The molecule has 1 aromatic carbocycles. The lowest BCUT2D eigenvalue weighted by Crippen LogP contribution is -2.39. The minimum Gasteiger partial charge on any atom is -0.419 e. The highest BCUT2D eigenvalue weighted by atomic mass is 32.2. The summed E-state index contributed by atoms with van der Waals surface area (Å²) in [5.74, 6) is 1.23. The Balaban J connectivity index is 1.59. The van der Waals surface area contributed by atoms with Crippen molar-refractivity contribution >= 4 is 15.9 Å². The van der Waals surface area contributed by atoms with Crippen molar-refractivity contribution in [2.75, 3.05) is 31.1 Å². The normalized spacial score (nSPS) is 21.0. The van der Waals surface area contributed by atoms with Crippen LogP contribution in [0.5, 0.6) is 0 Å². The van der Waals surface area contributed by atoms with E-state index in [0.717, 1.165) is 38.8 Å². The summed E-state index contributed by atoms with van der Waals surface area (Å²) in [5.41, 5.74) is 0.934. The molecule has 2 aliphatic rings. The molecule has 28 heavy (non-hydrogen) atoms. The predicted molar refractivity (Wildman–Crippen MR) is 105 cm³/mol. The maximum Gasteiger partial charge on any atom is 0.243 e. The van der Waals surface area contributed by atoms with Gasteiger partial charge in [0.15, 0.2) is 0 Å². The van der Waals surface area contributed by atoms with Gasteiger partial charge in [-0.25, -0.2) is 8.42 Å². The smallest absolute Gasteiger partial charge is 0.243 e. The number of piperidine rings is 1. The molecule has 2 aliphatic heterocycles. The Bertz CT molecular complexity index is 985. The molecule has 0 radical (unpaired) electrons. The van der Waals surface area contributed by atoms with Crippen molar-refractivity contribution in [2.24, 2.45) is 5.92 Å². The minimum atomic E-state index is -3.49. The predicted octanol–water partition coefficient (Wildman–Crippen LogP) is 3.23. The Labute approximate surface area is 165 Å². The second-order valence-corrected chi connectivity index (χ2v) is 9.55. The third-order valence-electron chi connectivity index (χ3n) is 5.47. The summed E-state index contributed by atoms with van der Waals surface area (Å²) in [7, 11) is -3.49. The van der Waals surface area contributed by atoms with Gasteiger partial charge in [0.1, 0.15) is 6.07 Å². The summed E-state index contributed by atoms with van der Waals surface area (Å²) in [6.45, 7) is 4.93. The largest absolute Gasteiger partial charge is 0.419 e. The molecule has 0 spiro atoms. The molecule has 0 unspecified atom stereocenters. The Kier molecular flexibility index (Phi) is 5.13. The topological polar surface area (TPSA) is 90.4 Å². The van der Waals surface area contributed by atoms with Gasteiger partial charge in [-0.2, -0.15) is 14.6 Å². The van der Waals surface area contributed by atoms with Crippen LogP contribution < -0.4 is 4.90 Å². The molecular weight excluding hydrogens is 376 g/mol. The van der Waals surface area contributed by atoms with E-state index in [1.165, 1.54) is 0 Å². The molecule has 1 aromatic heterocycles. The van der Waals surface area contributed by atoms with Gasteiger partial charge in [0, 0.05) is 31.7 Å². The van der Waals surface area contributed by atoms with Crippen molar-refractivity contribution in [1.29, 1.82) is 5.26 Å². The van der Waals surface area contributed by atoms with Crippen LogP contribution in [0.4, 0.5) is 5.88 Å². The fourth-order valence-corrected chi connectivity index (χ4v) is 5.52. The minimum absolute atomic E-state index is 0.274. The van der Waals surface area contributed by atoms with Crippen molar-refractivity contribution < 1.29 is 12.8 Å². The summed E-state index contributed by atoms with van der Waals surface area (Å²) in [6.07, 6.45) is 4.10. The van der Waals surface area contributed by atoms with Gasteiger partial charge in [0.25, 0.3) is 0 Å². The van der Waals surface area contributed by atoms with Gasteiger partial charge in [-0.1, -0.05) is 6.92 Å². The quantitative estimate of drug-likeness (QED) is 0.783. The van der Waals surface area contributed by atoms with Crippen molar-refractivity contribution in [2.45, 2.75) is 37.5 Å². The molecule has 0 saturated carbocycles. The molecular formula is C20H24N4O3S. The molecule has 2 fully saturated rings. The summed E-state index contributed by atoms with van der Waals surface area (Å²) in [6, 6.07) is 8.67. The number of sulfonamides is 1. The number of oxazole rings is 1. The molecule has 7 nitrogen and oxygen atoms in total. The first-order valence-corrected chi connectivity index (χ1v) is 11.2. The molecule has 2 aromatic rings. The fourth-order valence-electron chi connectivity index (χ4n) is 3.93. The average molecular weight is 401 g/mol. The second-order valence-electron chi connectivity index (χ2n) is 7.61. The van der Waals surface area contributed by atoms with Crippen molar-refractivity contribution in [1.82, 2.24) is 9.29 Å². The lowest BCUT2D eigenvalue weighted by Gasteiger charge is -2.30. The molecule has 8 heteroatoms. The van der Waals surface area contributed by atoms with Gasteiger partial charge >= 0.3 is 0 Å². The molecule has 0 aliphatic carbocycles. The number of anilines is 1. The molecule has 0 amide bonds. The third-order valence-corrected chi connectivity index (χ3v) is 7.35. The van der Waals surface area contributed by atoms with Gasteiger partial charge in [-0.15, -0.1) is 0 Å². The van der Waals surface area contributed by atoms with Crippen molar-refractivity contribution in [3.05, 3.63) is 30.0 Å². The van der Waals surface area contributed by atoms with E-state index in [-0.39, 0.29) is 10.6 Å². The van der Waals surface area contributed by atoms with E-state index >= 15 is 0 Å². The summed E-state index contributed by atoms with van der Waals surface area (Å²) >= 11 is 0. The van der Waals surface area contributed by atoms with Crippen molar-refractivity contribution in [3.8, 4) is 17.5 Å². The van der Waals surface area contributed by atoms with Gasteiger partial charge in [0.05, 0.1) is 4.90 Å². The number of rotatable bonds is 4. The van der Waals surface area contributed by atoms with Crippen LogP contribution >= 0.6 is 0 Å². The Hall–Kier alpha value is -2.37. The van der Waals surface area contributed by atoms with Crippen molar-refractivity contribution in [3.63, 3.8) is 0 Å². The van der Waals surface area contributed by atoms with Gasteiger partial charge in [-0.05, 0) is 55.9 Å². The SMILES string of the molecule is C[C@@H]1CCCN(S(=O)(=O)c2ccc(-c3nc(C#N)c(N4CCCC4)o3)cc2)C1. The van der Waals surface area contributed by atoms with Crippen LogP contribution in [0.1, 0.15) is 38.3 Å². The van der Waals surface area contributed by atoms with E-state index in [9.17, 15) is 13.7 Å². The first-order chi connectivity index (χ1) is 13.5. The summed E-state index contributed by atoms with van der Waals surface area (Å²) in [5, 5.41) is 9.37. The maximum absolute atomic E-state index is 12.9. The molecule has 148 valence electrons. The van der Waals surface area contributed by atoms with Crippen LogP contribution in [-0.4, -0.2) is 43.9 Å². The summed E-state index contributed by atoms with van der Waals surface area (Å²) in [4.78, 5) is 6.61. The van der Waals surface area contributed by atoms with Gasteiger partial charge < -0.3 is 9.32 Å². The Morgan fingerprint density at radius 1 is 1.14 bits per heavy atom. The van der Waals surface area contributed by atoms with Crippen LogP contribution in [0.2, 0.25) is 0 Å². The highest BCUT2D eigenvalue weighted by Gasteiger charge is 2.29. The van der Waals surface area contributed by atoms with E-state index in [0.29, 0.717) is 36.3 Å². The van der Waals surface area contributed by atoms with E-state index < -0.39 is 10.0 Å². The number of benzene rings is 1. The zero-order chi connectivity index (χ0) is 19.7.